The molecule has 0 heterocycles. The zero-order valence-corrected chi connectivity index (χ0v) is 12.5. The van der Waals surface area contributed by atoms with Gasteiger partial charge in [0.15, 0.2) is 0 Å². The Morgan fingerprint density at radius 3 is 2.33 bits per heavy atom. The van der Waals surface area contributed by atoms with Crippen LogP contribution < -0.4 is 5.73 Å². The Kier molecular flexibility index (Phi) is 7.02. The first kappa shape index (κ1) is 17.3. The predicted molar refractivity (Wildman–Crippen MR) is 81.3 cm³/mol. The number of carbonyl (C=O) groups is 1. The lowest BCUT2D eigenvalue weighted by Gasteiger charge is -2.18. The molecule has 0 aromatic heterocycles. The van der Waals surface area contributed by atoms with Crippen molar-refractivity contribution in [3.8, 4) is 11.5 Å². The minimum atomic E-state index is -0.825. The minimum absolute atomic E-state index is 0.0612. The molecule has 5 heteroatoms. The Labute approximate surface area is 125 Å². The first-order valence-electron chi connectivity index (χ1n) is 7.41. The number of aryl methyl sites for hydroxylation is 1. The molecule has 0 aliphatic rings. The van der Waals surface area contributed by atoms with E-state index in [0.717, 1.165) is 31.2 Å². The summed E-state index contributed by atoms with van der Waals surface area (Å²) in [7, 11) is 0. The normalized spacial score (nSPS) is 13.8. The Morgan fingerprint density at radius 1 is 1.24 bits per heavy atom. The van der Waals surface area contributed by atoms with Crippen LogP contribution in [0.25, 0.3) is 0 Å². The molecule has 0 aliphatic heterocycles. The number of aromatic hydroxyl groups is 2. The van der Waals surface area contributed by atoms with Crippen molar-refractivity contribution in [2.24, 2.45) is 17.6 Å². The number of hydrogen-bond donors (Lipinski definition) is 4. The third-order valence-corrected chi connectivity index (χ3v) is 3.87. The lowest BCUT2D eigenvalue weighted by molar-refractivity contribution is -0.142. The maximum atomic E-state index is 11.0. The number of phenols is 2. The fourth-order valence-corrected chi connectivity index (χ4v) is 2.58. The van der Waals surface area contributed by atoms with Crippen LogP contribution in [0.2, 0.25) is 0 Å². The minimum Gasteiger partial charge on any atom is -0.508 e. The van der Waals surface area contributed by atoms with E-state index in [1.54, 1.807) is 12.1 Å². The molecule has 0 saturated carbocycles. The average molecular weight is 295 g/mol. The molecule has 21 heavy (non-hydrogen) atoms. The molecule has 0 saturated heterocycles. The van der Waals surface area contributed by atoms with Gasteiger partial charge >= 0.3 is 5.97 Å². The van der Waals surface area contributed by atoms with Crippen LogP contribution in [0.1, 0.15) is 38.2 Å². The van der Waals surface area contributed by atoms with Gasteiger partial charge in [-0.15, -0.1) is 0 Å². The summed E-state index contributed by atoms with van der Waals surface area (Å²) in [5.74, 6) is -0.841. The van der Waals surface area contributed by atoms with Crippen molar-refractivity contribution >= 4 is 5.97 Å². The van der Waals surface area contributed by atoms with Gasteiger partial charge in [0.25, 0.3) is 0 Å². The molecule has 0 bridgehead atoms. The van der Waals surface area contributed by atoms with Crippen molar-refractivity contribution in [3.63, 3.8) is 0 Å². The number of hydrogen-bond acceptors (Lipinski definition) is 4. The SMILES string of the molecule is CCC(CCCc1cc(O)cc(O)c1)CC(CN)C(=O)O. The summed E-state index contributed by atoms with van der Waals surface area (Å²) < 4.78 is 0. The smallest absolute Gasteiger partial charge is 0.307 e. The van der Waals surface area contributed by atoms with Gasteiger partial charge in [-0.1, -0.05) is 19.8 Å². The summed E-state index contributed by atoms with van der Waals surface area (Å²) in [6, 6.07) is 4.58. The Balaban J connectivity index is 2.46. The molecule has 1 rings (SSSR count). The second kappa shape index (κ2) is 8.52. The van der Waals surface area contributed by atoms with Crippen LogP contribution in [-0.4, -0.2) is 27.8 Å². The number of nitrogens with two attached hydrogens (primary N) is 1. The highest BCUT2D eigenvalue weighted by Gasteiger charge is 2.20. The van der Waals surface area contributed by atoms with Gasteiger partial charge in [-0.2, -0.15) is 0 Å². The van der Waals surface area contributed by atoms with E-state index in [1.165, 1.54) is 6.07 Å². The molecule has 0 aliphatic carbocycles. The molecule has 0 fully saturated rings. The Hall–Kier alpha value is -1.75. The summed E-state index contributed by atoms with van der Waals surface area (Å²) in [5, 5.41) is 27.9. The summed E-state index contributed by atoms with van der Waals surface area (Å²) in [6.45, 7) is 2.23. The number of aliphatic carboxylic acids is 1. The standard InChI is InChI=1S/C16H25NO4/c1-2-11(6-13(10-17)16(20)21)4-3-5-12-7-14(18)9-15(19)8-12/h7-9,11,13,18-19H,2-6,10,17H2,1H3,(H,20,21). The molecular formula is C16H25NO4. The topological polar surface area (TPSA) is 104 Å². The molecule has 0 amide bonds. The van der Waals surface area contributed by atoms with E-state index in [0.29, 0.717) is 12.3 Å². The number of carboxylic acids is 1. The maximum absolute atomic E-state index is 11.0. The molecule has 5 N–H and O–H groups in total. The van der Waals surface area contributed by atoms with Gasteiger partial charge in [-0.25, -0.2) is 0 Å². The highest BCUT2D eigenvalue weighted by molar-refractivity contribution is 5.70. The van der Waals surface area contributed by atoms with E-state index in [9.17, 15) is 15.0 Å². The van der Waals surface area contributed by atoms with Crippen LogP contribution in [0.5, 0.6) is 11.5 Å². The molecule has 0 radical (unpaired) electrons. The van der Waals surface area contributed by atoms with Crippen LogP contribution in [0, 0.1) is 11.8 Å². The summed E-state index contributed by atoms with van der Waals surface area (Å²) in [6.07, 6.45) is 4.08. The fraction of sp³-hybridized carbons (Fsp3) is 0.562. The fourth-order valence-electron chi connectivity index (χ4n) is 2.58. The number of phenolic OH excluding ortho intramolecular Hbond substituents is 2. The van der Waals surface area contributed by atoms with Crippen molar-refractivity contribution in [3.05, 3.63) is 23.8 Å². The van der Waals surface area contributed by atoms with Crippen LogP contribution in [0.15, 0.2) is 18.2 Å². The molecule has 1 aromatic rings. The molecule has 118 valence electrons. The predicted octanol–water partition coefficient (Wildman–Crippen LogP) is 2.50. The van der Waals surface area contributed by atoms with Crippen molar-refractivity contribution in [2.45, 2.75) is 39.0 Å². The molecular weight excluding hydrogens is 270 g/mol. The van der Waals surface area contributed by atoms with Gasteiger partial charge in [0.2, 0.25) is 0 Å². The molecule has 5 nitrogen and oxygen atoms in total. The average Bonchev–Trinajstić information content (AvgIpc) is 2.41. The molecule has 0 spiro atoms. The maximum Gasteiger partial charge on any atom is 0.307 e. The van der Waals surface area contributed by atoms with E-state index in [4.69, 9.17) is 10.8 Å². The molecule has 2 atom stereocenters. The summed E-state index contributed by atoms with van der Waals surface area (Å²) >= 11 is 0. The van der Waals surface area contributed by atoms with Crippen LogP contribution in [-0.2, 0) is 11.2 Å². The van der Waals surface area contributed by atoms with Gasteiger partial charge in [0.1, 0.15) is 11.5 Å². The van der Waals surface area contributed by atoms with E-state index < -0.39 is 11.9 Å². The van der Waals surface area contributed by atoms with E-state index in [1.807, 2.05) is 0 Å². The Bertz CT molecular complexity index is 441. The van der Waals surface area contributed by atoms with E-state index in [-0.39, 0.29) is 18.0 Å². The second-order valence-corrected chi connectivity index (χ2v) is 5.53. The summed E-state index contributed by atoms with van der Waals surface area (Å²) in [4.78, 5) is 11.0. The zero-order chi connectivity index (χ0) is 15.8. The lowest BCUT2D eigenvalue weighted by Crippen LogP contribution is -2.25. The van der Waals surface area contributed by atoms with Gasteiger partial charge in [0.05, 0.1) is 5.92 Å². The largest absolute Gasteiger partial charge is 0.508 e. The Morgan fingerprint density at radius 2 is 1.86 bits per heavy atom. The quantitative estimate of drug-likeness (QED) is 0.560. The van der Waals surface area contributed by atoms with Crippen LogP contribution in [0.4, 0.5) is 0 Å². The van der Waals surface area contributed by atoms with Crippen molar-refractivity contribution in [1.82, 2.24) is 0 Å². The van der Waals surface area contributed by atoms with Crippen molar-refractivity contribution < 1.29 is 20.1 Å². The molecule has 2 unspecified atom stereocenters. The lowest BCUT2D eigenvalue weighted by atomic mass is 9.88. The second-order valence-electron chi connectivity index (χ2n) is 5.53. The van der Waals surface area contributed by atoms with E-state index >= 15 is 0 Å². The highest BCUT2D eigenvalue weighted by atomic mass is 16.4. The van der Waals surface area contributed by atoms with Gasteiger partial charge < -0.3 is 21.1 Å². The zero-order valence-electron chi connectivity index (χ0n) is 12.5. The third-order valence-electron chi connectivity index (χ3n) is 3.87. The number of rotatable bonds is 9. The monoisotopic (exact) mass is 295 g/mol. The van der Waals surface area contributed by atoms with Crippen molar-refractivity contribution in [2.75, 3.05) is 6.54 Å². The number of carboxylic acid groups (broad SMARTS) is 1. The van der Waals surface area contributed by atoms with Gasteiger partial charge in [-0.3, -0.25) is 4.79 Å². The van der Waals surface area contributed by atoms with Crippen LogP contribution >= 0.6 is 0 Å². The third kappa shape index (κ3) is 6.04. The van der Waals surface area contributed by atoms with Crippen LogP contribution in [0.3, 0.4) is 0 Å². The highest BCUT2D eigenvalue weighted by Crippen LogP contribution is 2.24. The van der Waals surface area contributed by atoms with Crippen molar-refractivity contribution in [1.29, 1.82) is 0 Å². The first-order chi connectivity index (χ1) is 9.96. The van der Waals surface area contributed by atoms with Gasteiger partial charge in [0, 0.05) is 12.6 Å². The molecule has 1 aromatic carbocycles. The summed E-state index contributed by atoms with van der Waals surface area (Å²) in [5.41, 5.74) is 6.38. The van der Waals surface area contributed by atoms with E-state index in [2.05, 4.69) is 6.92 Å². The first-order valence-corrected chi connectivity index (χ1v) is 7.41. The number of benzene rings is 1. The van der Waals surface area contributed by atoms with Gasteiger partial charge in [-0.05, 0) is 42.9 Å².